The Labute approximate surface area is 241 Å². The molecule has 39 heavy (non-hydrogen) atoms. The summed E-state index contributed by atoms with van der Waals surface area (Å²) in [5.41, 5.74) is 9.89. The Hall–Kier alpha value is -3.31. The van der Waals surface area contributed by atoms with Crippen LogP contribution in [0.25, 0.3) is 0 Å². The van der Waals surface area contributed by atoms with Crippen molar-refractivity contribution in [2.45, 2.75) is 31.7 Å². The molecule has 4 nitrogen and oxygen atoms in total. The van der Waals surface area contributed by atoms with Gasteiger partial charge in [-0.15, -0.1) is 0 Å². The zero-order valence-corrected chi connectivity index (χ0v) is 23.5. The van der Waals surface area contributed by atoms with Gasteiger partial charge in [-0.2, -0.15) is 0 Å². The van der Waals surface area contributed by atoms with E-state index >= 15 is 0 Å². The van der Waals surface area contributed by atoms with Gasteiger partial charge in [0.1, 0.15) is 5.75 Å². The third-order valence-corrected chi connectivity index (χ3v) is 7.57. The van der Waals surface area contributed by atoms with Crippen LogP contribution in [0.4, 0.5) is 0 Å². The highest BCUT2D eigenvalue weighted by molar-refractivity contribution is 6.42. The first-order chi connectivity index (χ1) is 19.0. The van der Waals surface area contributed by atoms with Gasteiger partial charge in [0.15, 0.2) is 0 Å². The van der Waals surface area contributed by atoms with Crippen molar-refractivity contribution in [2.24, 2.45) is 5.73 Å². The molecular weight excluding hydrogens is 527 g/mol. The highest BCUT2D eigenvalue weighted by Crippen LogP contribution is 2.30. The molecule has 0 fully saturated rings. The summed E-state index contributed by atoms with van der Waals surface area (Å²) in [7, 11) is 0. The van der Waals surface area contributed by atoms with Gasteiger partial charge in [-0.05, 0) is 53.3 Å². The second-order valence-electron chi connectivity index (χ2n) is 9.64. The molecule has 0 saturated heterocycles. The van der Waals surface area contributed by atoms with Gasteiger partial charge in [-0.3, -0.25) is 9.69 Å². The van der Waals surface area contributed by atoms with E-state index < -0.39 is 0 Å². The minimum atomic E-state index is -0.300. The van der Waals surface area contributed by atoms with E-state index in [0.29, 0.717) is 36.0 Å². The molecule has 2 N–H and O–H groups in total. The Morgan fingerprint density at radius 3 is 2.18 bits per heavy atom. The smallest absolute Gasteiger partial charge is 0.217 e. The molecule has 0 unspecified atom stereocenters. The Kier molecular flexibility index (Phi) is 10.8. The number of rotatable bonds is 14. The number of ether oxygens (including phenoxy) is 1. The summed E-state index contributed by atoms with van der Waals surface area (Å²) >= 11 is 12.9. The number of benzene rings is 4. The largest absolute Gasteiger partial charge is 0.494 e. The predicted molar refractivity (Wildman–Crippen MR) is 161 cm³/mol. The molecule has 0 spiro atoms. The third kappa shape index (κ3) is 8.86. The number of carbonyl (C=O) groups is 1. The number of nitrogens with zero attached hydrogens (tertiary/aromatic N) is 1. The number of halogens is 2. The number of hydrogen-bond acceptors (Lipinski definition) is 3. The second-order valence-corrected chi connectivity index (χ2v) is 10.4. The minimum absolute atomic E-state index is 0.202. The van der Waals surface area contributed by atoms with E-state index in [2.05, 4.69) is 65.6 Å². The first kappa shape index (κ1) is 28.7. The van der Waals surface area contributed by atoms with Gasteiger partial charge in [0.2, 0.25) is 5.91 Å². The molecule has 0 bridgehead atoms. The molecule has 6 heteroatoms. The Morgan fingerprint density at radius 2 is 1.51 bits per heavy atom. The molecule has 0 aromatic heterocycles. The van der Waals surface area contributed by atoms with Crippen molar-refractivity contribution in [3.05, 3.63) is 135 Å². The molecule has 0 atom stereocenters. The Balaban J connectivity index is 1.47. The van der Waals surface area contributed by atoms with E-state index in [4.69, 9.17) is 33.7 Å². The van der Waals surface area contributed by atoms with E-state index in [9.17, 15) is 4.79 Å². The number of amides is 1. The fourth-order valence-electron chi connectivity index (χ4n) is 4.72. The molecule has 4 aromatic carbocycles. The molecule has 0 heterocycles. The zero-order chi connectivity index (χ0) is 27.5. The van der Waals surface area contributed by atoms with E-state index in [1.807, 2.05) is 42.5 Å². The van der Waals surface area contributed by atoms with Crippen LogP contribution in [0.3, 0.4) is 0 Å². The van der Waals surface area contributed by atoms with Crippen molar-refractivity contribution in [3.8, 4) is 5.75 Å². The topological polar surface area (TPSA) is 55.6 Å². The van der Waals surface area contributed by atoms with Crippen LogP contribution < -0.4 is 10.5 Å². The third-order valence-electron chi connectivity index (χ3n) is 6.72. The number of primary amides is 1. The lowest BCUT2D eigenvalue weighted by molar-refractivity contribution is -0.117. The van der Waals surface area contributed by atoms with Crippen LogP contribution in [0.15, 0.2) is 103 Å². The first-order valence-electron chi connectivity index (χ1n) is 13.2. The van der Waals surface area contributed by atoms with Gasteiger partial charge in [-0.1, -0.05) is 108 Å². The second kappa shape index (κ2) is 14.7. The van der Waals surface area contributed by atoms with Crippen molar-refractivity contribution in [1.29, 1.82) is 0 Å². The molecule has 0 aliphatic rings. The molecule has 4 rings (SSSR count). The van der Waals surface area contributed by atoms with Gasteiger partial charge in [0.05, 0.1) is 16.7 Å². The summed E-state index contributed by atoms with van der Waals surface area (Å²) < 4.78 is 6.08. The van der Waals surface area contributed by atoms with Crippen molar-refractivity contribution in [1.82, 2.24) is 4.90 Å². The van der Waals surface area contributed by atoms with E-state index in [1.165, 1.54) is 11.1 Å². The molecule has 0 aliphatic heterocycles. The highest BCUT2D eigenvalue weighted by Gasteiger charge is 2.19. The minimum Gasteiger partial charge on any atom is -0.494 e. The molecule has 1 amide bonds. The Morgan fingerprint density at radius 1 is 0.846 bits per heavy atom. The van der Waals surface area contributed by atoms with Gasteiger partial charge >= 0.3 is 0 Å². The zero-order valence-electron chi connectivity index (χ0n) is 21.9. The maximum Gasteiger partial charge on any atom is 0.217 e. The fourth-order valence-corrected chi connectivity index (χ4v) is 5.09. The molecule has 0 aliphatic carbocycles. The first-order valence-corrected chi connectivity index (χ1v) is 14.0. The monoisotopic (exact) mass is 560 g/mol. The summed E-state index contributed by atoms with van der Waals surface area (Å²) in [6, 6.07) is 34.9. The lowest BCUT2D eigenvalue weighted by Gasteiger charge is -2.29. The quantitative estimate of drug-likeness (QED) is 0.162. The molecule has 0 radical (unpaired) electrons. The van der Waals surface area contributed by atoms with Crippen LogP contribution in [0.2, 0.25) is 10.0 Å². The molecule has 202 valence electrons. The van der Waals surface area contributed by atoms with Crippen molar-refractivity contribution in [2.75, 3.05) is 19.7 Å². The Bertz CT molecular complexity index is 1290. The molecular formula is C33H34Cl2N2O2. The van der Waals surface area contributed by atoms with Crippen molar-refractivity contribution >= 4 is 29.1 Å². The molecule has 0 saturated carbocycles. The summed E-state index contributed by atoms with van der Waals surface area (Å²) in [6.45, 7) is 2.89. The lowest BCUT2D eigenvalue weighted by Crippen LogP contribution is -2.31. The summed E-state index contributed by atoms with van der Waals surface area (Å²) in [4.78, 5) is 13.6. The van der Waals surface area contributed by atoms with Crippen LogP contribution in [0.1, 0.15) is 41.0 Å². The standard InChI is InChI=1S/C33H34Cl2N2O2/c34-31-17-8-15-28(33(31)35)23-37(20-9-21-39-29-16-7-10-25(22-29)18-19-32(36)38)24-30(26-11-3-1-4-12-26)27-13-5-2-6-14-27/h1-8,10-17,22,30H,9,18-21,23-24H2,(H2,36,38). The van der Waals surface area contributed by atoms with Gasteiger partial charge in [0, 0.05) is 32.0 Å². The van der Waals surface area contributed by atoms with Crippen LogP contribution in [-0.4, -0.2) is 30.5 Å². The summed E-state index contributed by atoms with van der Waals surface area (Å²) in [5.74, 6) is 0.701. The maximum absolute atomic E-state index is 11.1. The van der Waals surface area contributed by atoms with Gasteiger partial charge in [-0.25, -0.2) is 0 Å². The lowest BCUT2D eigenvalue weighted by atomic mass is 9.90. The number of nitrogens with two attached hydrogens (primary N) is 1. The number of aryl methyl sites for hydroxylation is 1. The highest BCUT2D eigenvalue weighted by atomic mass is 35.5. The van der Waals surface area contributed by atoms with E-state index in [1.54, 1.807) is 0 Å². The maximum atomic E-state index is 11.1. The fraction of sp³-hybridized carbons (Fsp3) is 0.242. The van der Waals surface area contributed by atoms with Crippen molar-refractivity contribution in [3.63, 3.8) is 0 Å². The van der Waals surface area contributed by atoms with Crippen molar-refractivity contribution < 1.29 is 9.53 Å². The predicted octanol–water partition coefficient (Wildman–Crippen LogP) is 7.51. The normalized spacial score (nSPS) is 11.2. The van der Waals surface area contributed by atoms with Crippen LogP contribution >= 0.6 is 23.2 Å². The molecule has 4 aromatic rings. The number of hydrogen-bond donors (Lipinski definition) is 1. The van der Waals surface area contributed by atoms with Crippen LogP contribution in [-0.2, 0) is 17.8 Å². The summed E-state index contributed by atoms with van der Waals surface area (Å²) in [5, 5.41) is 1.17. The van der Waals surface area contributed by atoms with Gasteiger partial charge in [0.25, 0.3) is 0 Å². The average Bonchev–Trinajstić information content (AvgIpc) is 2.96. The number of carbonyl (C=O) groups excluding carboxylic acids is 1. The van der Waals surface area contributed by atoms with E-state index in [-0.39, 0.29) is 11.8 Å². The summed E-state index contributed by atoms with van der Waals surface area (Å²) in [6.07, 6.45) is 1.77. The average molecular weight is 562 g/mol. The van der Waals surface area contributed by atoms with Gasteiger partial charge < -0.3 is 10.5 Å². The SMILES string of the molecule is NC(=O)CCc1cccc(OCCCN(Cc2cccc(Cl)c2Cl)CC(c2ccccc2)c2ccccc2)c1. The van der Waals surface area contributed by atoms with E-state index in [0.717, 1.165) is 36.4 Å². The van der Waals surface area contributed by atoms with Crippen LogP contribution in [0, 0.1) is 0 Å². The van der Waals surface area contributed by atoms with Crippen LogP contribution in [0.5, 0.6) is 5.75 Å².